The highest BCUT2D eigenvalue weighted by atomic mass is 16.2. The minimum Gasteiger partial charge on any atom is -0.368 e. The van der Waals surface area contributed by atoms with Gasteiger partial charge in [-0.3, -0.25) is 14.4 Å². The Kier molecular flexibility index (Phi) is 2.73. The van der Waals surface area contributed by atoms with Crippen molar-refractivity contribution < 1.29 is 14.4 Å². The fourth-order valence-corrected chi connectivity index (χ4v) is 1.47. The normalized spacial score (nSPS) is 26.5. The molecule has 1 unspecified atom stereocenters. The Morgan fingerprint density at radius 3 is 2.57 bits per heavy atom. The van der Waals surface area contributed by atoms with Gasteiger partial charge in [0, 0.05) is 19.9 Å². The molecule has 0 spiro atoms. The Morgan fingerprint density at radius 2 is 2.21 bits per heavy atom. The molecular formula is C8H13N3O3. The molecule has 0 aromatic heterocycles. The zero-order valence-electron chi connectivity index (χ0n) is 7.92. The number of piperidine rings is 1. The third-order valence-corrected chi connectivity index (χ3v) is 2.25. The van der Waals surface area contributed by atoms with E-state index >= 15 is 0 Å². The van der Waals surface area contributed by atoms with Crippen molar-refractivity contribution in [3.63, 3.8) is 0 Å². The molecule has 3 amide bonds. The first kappa shape index (κ1) is 10.5. The quantitative estimate of drug-likeness (QED) is 0.492. The molecule has 14 heavy (non-hydrogen) atoms. The molecule has 6 nitrogen and oxygen atoms in total. The zero-order chi connectivity index (χ0) is 10.8. The van der Waals surface area contributed by atoms with Crippen LogP contribution in [0.15, 0.2) is 0 Å². The summed E-state index contributed by atoms with van der Waals surface area (Å²) in [5, 5.41) is 4.99. The lowest BCUT2D eigenvalue weighted by Crippen LogP contribution is -2.65. The van der Waals surface area contributed by atoms with E-state index in [0.29, 0.717) is 0 Å². The van der Waals surface area contributed by atoms with Gasteiger partial charge in [0.25, 0.3) is 0 Å². The minimum absolute atomic E-state index is 0.0702. The molecule has 0 aromatic carbocycles. The maximum absolute atomic E-state index is 11.2. The Labute approximate surface area is 81.2 Å². The topological polar surface area (TPSA) is 101 Å². The van der Waals surface area contributed by atoms with E-state index in [9.17, 15) is 14.4 Å². The molecule has 6 heteroatoms. The van der Waals surface area contributed by atoms with Gasteiger partial charge in [0.05, 0.1) is 0 Å². The number of carbonyl (C=O) groups excluding carboxylic acids is 3. The van der Waals surface area contributed by atoms with Gasteiger partial charge in [-0.2, -0.15) is 0 Å². The summed E-state index contributed by atoms with van der Waals surface area (Å²) < 4.78 is 0. The van der Waals surface area contributed by atoms with Crippen LogP contribution in [0, 0.1) is 0 Å². The molecule has 0 bridgehead atoms. The molecule has 1 aliphatic heterocycles. The van der Waals surface area contributed by atoms with E-state index in [0.717, 1.165) is 0 Å². The molecular weight excluding hydrogens is 186 g/mol. The molecule has 1 fully saturated rings. The second-order valence-electron chi connectivity index (χ2n) is 3.40. The number of carbonyl (C=O) groups is 3. The van der Waals surface area contributed by atoms with E-state index in [1.165, 1.54) is 6.92 Å². The van der Waals surface area contributed by atoms with Crippen molar-refractivity contribution in [2.75, 3.05) is 6.54 Å². The number of nitrogens with two attached hydrogens (primary N) is 1. The van der Waals surface area contributed by atoms with Crippen LogP contribution >= 0.6 is 0 Å². The smallest absolute Gasteiger partial charge is 0.245 e. The summed E-state index contributed by atoms with van der Waals surface area (Å²) in [5.41, 5.74) is 4.08. The fraction of sp³-hybridized carbons (Fsp3) is 0.625. The van der Waals surface area contributed by atoms with Crippen molar-refractivity contribution in [3.05, 3.63) is 0 Å². The van der Waals surface area contributed by atoms with Crippen LogP contribution in [0.1, 0.15) is 19.8 Å². The summed E-state index contributed by atoms with van der Waals surface area (Å²) >= 11 is 0. The molecule has 1 heterocycles. The highest BCUT2D eigenvalue weighted by Gasteiger charge is 2.40. The number of hydrogen-bond acceptors (Lipinski definition) is 3. The van der Waals surface area contributed by atoms with Gasteiger partial charge in [0.1, 0.15) is 5.54 Å². The Morgan fingerprint density at radius 1 is 1.57 bits per heavy atom. The van der Waals surface area contributed by atoms with E-state index in [2.05, 4.69) is 10.6 Å². The van der Waals surface area contributed by atoms with Crippen LogP contribution in [-0.4, -0.2) is 29.8 Å². The largest absolute Gasteiger partial charge is 0.368 e. The highest BCUT2D eigenvalue weighted by Crippen LogP contribution is 2.16. The Bertz CT molecular complexity index is 278. The summed E-state index contributed by atoms with van der Waals surface area (Å²) in [6, 6.07) is 0. The second kappa shape index (κ2) is 3.65. The SMILES string of the molecule is CC(=O)NC1(C(N)=O)CCC(=O)NC1. The van der Waals surface area contributed by atoms with E-state index < -0.39 is 11.4 Å². The van der Waals surface area contributed by atoms with Gasteiger partial charge in [-0.1, -0.05) is 0 Å². The molecule has 0 saturated carbocycles. The first-order valence-electron chi connectivity index (χ1n) is 4.32. The van der Waals surface area contributed by atoms with Crippen molar-refractivity contribution in [2.45, 2.75) is 25.3 Å². The van der Waals surface area contributed by atoms with Crippen LogP contribution in [0.2, 0.25) is 0 Å². The number of rotatable bonds is 2. The number of nitrogens with one attached hydrogen (secondary N) is 2. The van der Waals surface area contributed by atoms with E-state index in [-0.39, 0.29) is 31.2 Å². The molecule has 78 valence electrons. The average Bonchev–Trinajstić information content (AvgIpc) is 2.08. The highest BCUT2D eigenvalue weighted by molar-refractivity contribution is 5.92. The van der Waals surface area contributed by atoms with E-state index in [1.54, 1.807) is 0 Å². The van der Waals surface area contributed by atoms with Crippen molar-refractivity contribution in [2.24, 2.45) is 5.73 Å². The van der Waals surface area contributed by atoms with Gasteiger partial charge in [0.2, 0.25) is 17.7 Å². The molecule has 0 radical (unpaired) electrons. The number of primary amides is 1. The number of hydrogen-bond donors (Lipinski definition) is 3. The molecule has 1 aliphatic rings. The van der Waals surface area contributed by atoms with Gasteiger partial charge in [0.15, 0.2) is 0 Å². The first-order chi connectivity index (χ1) is 6.46. The van der Waals surface area contributed by atoms with Crippen LogP contribution in [0.4, 0.5) is 0 Å². The van der Waals surface area contributed by atoms with Crippen LogP contribution in [0.3, 0.4) is 0 Å². The van der Waals surface area contributed by atoms with Crippen molar-refractivity contribution in [3.8, 4) is 0 Å². The molecule has 0 aliphatic carbocycles. The third kappa shape index (κ3) is 2.01. The second-order valence-corrected chi connectivity index (χ2v) is 3.40. The van der Waals surface area contributed by atoms with Crippen molar-refractivity contribution in [1.82, 2.24) is 10.6 Å². The monoisotopic (exact) mass is 199 g/mol. The van der Waals surface area contributed by atoms with Crippen molar-refractivity contribution >= 4 is 17.7 Å². The summed E-state index contributed by atoms with van der Waals surface area (Å²) in [6.07, 6.45) is 0.455. The molecule has 1 saturated heterocycles. The third-order valence-electron chi connectivity index (χ3n) is 2.25. The molecule has 0 aromatic rings. The van der Waals surface area contributed by atoms with Crippen LogP contribution < -0.4 is 16.4 Å². The van der Waals surface area contributed by atoms with Gasteiger partial charge >= 0.3 is 0 Å². The summed E-state index contributed by atoms with van der Waals surface area (Å²) in [5.74, 6) is -1.08. The lowest BCUT2D eigenvalue weighted by molar-refractivity contribution is -0.134. The van der Waals surface area contributed by atoms with Gasteiger partial charge in [-0.25, -0.2) is 0 Å². The van der Waals surface area contributed by atoms with Gasteiger partial charge in [-0.05, 0) is 6.42 Å². The standard InChI is InChI=1S/C8H13N3O3/c1-5(12)11-8(7(9)14)3-2-6(13)10-4-8/h2-4H2,1H3,(H2,9,14)(H,10,13)(H,11,12). The molecule has 4 N–H and O–H groups in total. The fourth-order valence-electron chi connectivity index (χ4n) is 1.47. The van der Waals surface area contributed by atoms with Gasteiger partial charge in [-0.15, -0.1) is 0 Å². The van der Waals surface area contributed by atoms with Crippen LogP contribution in [0.5, 0.6) is 0 Å². The lowest BCUT2D eigenvalue weighted by atomic mass is 9.89. The molecule has 1 rings (SSSR count). The minimum atomic E-state index is -1.11. The number of amides is 3. The molecule has 1 atom stereocenters. The predicted octanol–water partition coefficient (Wildman–Crippen LogP) is -1.74. The van der Waals surface area contributed by atoms with E-state index in [1.807, 2.05) is 0 Å². The van der Waals surface area contributed by atoms with Crippen LogP contribution in [-0.2, 0) is 14.4 Å². The lowest BCUT2D eigenvalue weighted by Gasteiger charge is -2.34. The summed E-state index contributed by atoms with van der Waals surface area (Å²) in [4.78, 5) is 32.9. The maximum atomic E-state index is 11.2. The summed E-state index contributed by atoms with van der Waals surface area (Å²) in [7, 11) is 0. The zero-order valence-corrected chi connectivity index (χ0v) is 7.92. The Hall–Kier alpha value is -1.59. The van der Waals surface area contributed by atoms with Gasteiger partial charge < -0.3 is 16.4 Å². The summed E-state index contributed by atoms with van der Waals surface area (Å²) in [6.45, 7) is 1.38. The van der Waals surface area contributed by atoms with Crippen molar-refractivity contribution in [1.29, 1.82) is 0 Å². The average molecular weight is 199 g/mol. The van der Waals surface area contributed by atoms with Crippen LogP contribution in [0.25, 0.3) is 0 Å². The Balaban J connectivity index is 2.78. The maximum Gasteiger partial charge on any atom is 0.245 e. The van der Waals surface area contributed by atoms with E-state index in [4.69, 9.17) is 5.73 Å². The predicted molar refractivity (Wildman–Crippen MR) is 48.0 cm³/mol. The first-order valence-corrected chi connectivity index (χ1v) is 4.32.